The number of nitrogen functional groups attached to an aromatic ring is 1. The van der Waals surface area contributed by atoms with Gasteiger partial charge in [-0.05, 0) is 19.1 Å². The van der Waals surface area contributed by atoms with E-state index in [2.05, 4.69) is 9.72 Å². The van der Waals surface area contributed by atoms with Crippen molar-refractivity contribution < 1.29 is 9.53 Å². The van der Waals surface area contributed by atoms with Gasteiger partial charge < -0.3 is 15.4 Å². The number of carbonyl (C=O) groups excluding carboxylic acids is 1. The van der Waals surface area contributed by atoms with E-state index in [1.807, 2.05) is 18.9 Å². The standard InChI is InChI=1S/C10H15N3O2/c1-4-13(2)9-7(11)5-6-8(12-9)10(14)15-3/h5-6H,4,11H2,1-3H3. The molecule has 1 aromatic rings. The molecule has 0 saturated heterocycles. The molecule has 1 aromatic heterocycles. The summed E-state index contributed by atoms with van der Waals surface area (Å²) in [6.07, 6.45) is 0. The molecule has 15 heavy (non-hydrogen) atoms. The summed E-state index contributed by atoms with van der Waals surface area (Å²) in [5, 5.41) is 0. The lowest BCUT2D eigenvalue weighted by Crippen LogP contribution is -2.20. The molecular formula is C10H15N3O2. The van der Waals surface area contributed by atoms with Crippen LogP contribution in [0.15, 0.2) is 12.1 Å². The first-order valence-electron chi connectivity index (χ1n) is 4.66. The number of ether oxygens (including phenoxy) is 1. The number of pyridine rings is 1. The summed E-state index contributed by atoms with van der Waals surface area (Å²) in [5.74, 6) is 0.140. The molecule has 0 unspecified atom stereocenters. The molecule has 0 spiro atoms. The summed E-state index contributed by atoms with van der Waals surface area (Å²) in [5.41, 5.74) is 6.57. The van der Waals surface area contributed by atoms with Crippen LogP contribution >= 0.6 is 0 Å². The minimum atomic E-state index is -0.458. The Morgan fingerprint density at radius 3 is 2.80 bits per heavy atom. The second-order valence-electron chi connectivity index (χ2n) is 3.12. The van der Waals surface area contributed by atoms with Gasteiger partial charge in [-0.15, -0.1) is 0 Å². The summed E-state index contributed by atoms with van der Waals surface area (Å²) in [4.78, 5) is 17.2. The highest BCUT2D eigenvalue weighted by molar-refractivity contribution is 5.88. The molecule has 0 aliphatic heterocycles. The first-order chi connectivity index (χ1) is 7.10. The van der Waals surface area contributed by atoms with Crippen molar-refractivity contribution in [3.05, 3.63) is 17.8 Å². The monoisotopic (exact) mass is 209 g/mol. The van der Waals surface area contributed by atoms with Gasteiger partial charge in [0.2, 0.25) is 0 Å². The zero-order valence-corrected chi connectivity index (χ0v) is 9.15. The summed E-state index contributed by atoms with van der Waals surface area (Å²) in [6.45, 7) is 2.74. The Labute approximate surface area is 88.9 Å². The van der Waals surface area contributed by atoms with Gasteiger partial charge in [0.15, 0.2) is 11.5 Å². The van der Waals surface area contributed by atoms with Crippen molar-refractivity contribution in [2.75, 3.05) is 31.3 Å². The lowest BCUT2D eigenvalue weighted by Gasteiger charge is -2.17. The van der Waals surface area contributed by atoms with Crippen LogP contribution in [0.4, 0.5) is 11.5 Å². The summed E-state index contributed by atoms with van der Waals surface area (Å²) >= 11 is 0. The van der Waals surface area contributed by atoms with Crippen molar-refractivity contribution in [2.24, 2.45) is 0 Å². The lowest BCUT2D eigenvalue weighted by atomic mass is 10.3. The number of esters is 1. The van der Waals surface area contributed by atoms with Crippen LogP contribution in [0.5, 0.6) is 0 Å². The highest BCUT2D eigenvalue weighted by Gasteiger charge is 2.12. The Bertz CT molecular complexity index is 366. The van der Waals surface area contributed by atoms with E-state index >= 15 is 0 Å². The first-order valence-corrected chi connectivity index (χ1v) is 4.66. The number of methoxy groups -OCH3 is 1. The number of anilines is 2. The molecule has 1 rings (SSSR count). The van der Waals surface area contributed by atoms with Crippen LogP contribution in [-0.4, -0.2) is 31.7 Å². The van der Waals surface area contributed by atoms with Gasteiger partial charge in [0, 0.05) is 13.6 Å². The van der Waals surface area contributed by atoms with Crippen LogP contribution in [0.25, 0.3) is 0 Å². The molecule has 0 radical (unpaired) electrons. The van der Waals surface area contributed by atoms with Gasteiger partial charge in [-0.2, -0.15) is 0 Å². The van der Waals surface area contributed by atoms with Crippen molar-refractivity contribution in [3.63, 3.8) is 0 Å². The van der Waals surface area contributed by atoms with E-state index in [0.29, 0.717) is 11.5 Å². The molecular weight excluding hydrogens is 194 g/mol. The summed E-state index contributed by atoms with van der Waals surface area (Å²) in [7, 11) is 3.18. The fourth-order valence-corrected chi connectivity index (χ4v) is 1.13. The molecule has 0 aromatic carbocycles. The van der Waals surface area contributed by atoms with Crippen LogP contribution in [0, 0.1) is 0 Å². The number of hydrogen-bond acceptors (Lipinski definition) is 5. The van der Waals surface area contributed by atoms with Gasteiger partial charge in [0.25, 0.3) is 0 Å². The Balaban J connectivity index is 3.10. The van der Waals surface area contributed by atoms with Crippen molar-refractivity contribution in [1.82, 2.24) is 4.98 Å². The molecule has 2 N–H and O–H groups in total. The number of nitrogens with zero attached hydrogens (tertiary/aromatic N) is 2. The molecule has 82 valence electrons. The average molecular weight is 209 g/mol. The van der Waals surface area contributed by atoms with E-state index in [4.69, 9.17) is 5.73 Å². The van der Waals surface area contributed by atoms with E-state index in [1.54, 1.807) is 12.1 Å². The van der Waals surface area contributed by atoms with Gasteiger partial charge in [0.05, 0.1) is 12.8 Å². The topological polar surface area (TPSA) is 68.5 Å². The molecule has 1 heterocycles. The minimum absolute atomic E-state index is 0.266. The Kier molecular flexibility index (Phi) is 3.49. The Morgan fingerprint density at radius 1 is 1.60 bits per heavy atom. The van der Waals surface area contributed by atoms with Gasteiger partial charge in [-0.25, -0.2) is 9.78 Å². The van der Waals surface area contributed by atoms with Gasteiger partial charge >= 0.3 is 5.97 Å². The maximum Gasteiger partial charge on any atom is 0.356 e. The predicted octanol–water partition coefficient (Wildman–Crippen LogP) is 0.907. The number of hydrogen-bond donors (Lipinski definition) is 1. The molecule has 5 heteroatoms. The molecule has 0 aliphatic carbocycles. The predicted molar refractivity (Wildman–Crippen MR) is 58.9 cm³/mol. The van der Waals surface area contributed by atoms with Gasteiger partial charge in [-0.1, -0.05) is 0 Å². The van der Waals surface area contributed by atoms with Crippen LogP contribution in [0.2, 0.25) is 0 Å². The van der Waals surface area contributed by atoms with E-state index in [-0.39, 0.29) is 5.69 Å². The minimum Gasteiger partial charge on any atom is -0.464 e. The third-order valence-corrected chi connectivity index (χ3v) is 2.14. The number of carbonyl (C=O) groups is 1. The zero-order chi connectivity index (χ0) is 11.4. The molecule has 0 fully saturated rings. The van der Waals surface area contributed by atoms with E-state index in [1.165, 1.54) is 7.11 Å². The van der Waals surface area contributed by atoms with Crippen LogP contribution in [-0.2, 0) is 4.74 Å². The zero-order valence-electron chi connectivity index (χ0n) is 9.15. The molecule has 0 amide bonds. The normalized spacial score (nSPS) is 9.80. The van der Waals surface area contributed by atoms with Crippen LogP contribution in [0.3, 0.4) is 0 Å². The summed E-state index contributed by atoms with van der Waals surface area (Å²) < 4.78 is 4.58. The number of nitrogens with two attached hydrogens (primary N) is 1. The lowest BCUT2D eigenvalue weighted by molar-refractivity contribution is 0.0594. The molecule has 5 nitrogen and oxygen atoms in total. The maximum atomic E-state index is 11.2. The van der Waals surface area contributed by atoms with E-state index in [0.717, 1.165) is 6.54 Å². The van der Waals surface area contributed by atoms with E-state index < -0.39 is 5.97 Å². The van der Waals surface area contributed by atoms with Gasteiger partial charge in [0.1, 0.15) is 0 Å². The fraction of sp³-hybridized carbons (Fsp3) is 0.400. The smallest absolute Gasteiger partial charge is 0.356 e. The Hall–Kier alpha value is -1.78. The van der Waals surface area contributed by atoms with Crippen molar-refractivity contribution in [1.29, 1.82) is 0 Å². The highest BCUT2D eigenvalue weighted by Crippen LogP contribution is 2.19. The summed E-state index contributed by atoms with van der Waals surface area (Å²) in [6, 6.07) is 3.20. The van der Waals surface area contributed by atoms with E-state index in [9.17, 15) is 4.79 Å². The largest absolute Gasteiger partial charge is 0.464 e. The third-order valence-electron chi connectivity index (χ3n) is 2.14. The number of rotatable bonds is 3. The Morgan fingerprint density at radius 2 is 2.27 bits per heavy atom. The molecule has 0 bridgehead atoms. The molecule has 0 aliphatic rings. The quantitative estimate of drug-likeness (QED) is 0.749. The number of aromatic nitrogens is 1. The van der Waals surface area contributed by atoms with Crippen LogP contribution in [0.1, 0.15) is 17.4 Å². The van der Waals surface area contributed by atoms with Crippen LogP contribution < -0.4 is 10.6 Å². The second-order valence-corrected chi connectivity index (χ2v) is 3.12. The van der Waals surface area contributed by atoms with Crippen molar-refractivity contribution in [2.45, 2.75) is 6.92 Å². The van der Waals surface area contributed by atoms with Crippen molar-refractivity contribution in [3.8, 4) is 0 Å². The molecule has 0 saturated carbocycles. The average Bonchev–Trinajstić information content (AvgIpc) is 2.27. The molecule has 0 atom stereocenters. The van der Waals surface area contributed by atoms with Gasteiger partial charge in [-0.3, -0.25) is 0 Å². The first kappa shape index (κ1) is 11.3. The SMILES string of the molecule is CCN(C)c1nc(C(=O)OC)ccc1N. The highest BCUT2D eigenvalue weighted by atomic mass is 16.5. The second kappa shape index (κ2) is 4.63. The van der Waals surface area contributed by atoms with Crippen molar-refractivity contribution >= 4 is 17.5 Å². The third kappa shape index (κ3) is 2.37. The maximum absolute atomic E-state index is 11.2. The fourth-order valence-electron chi connectivity index (χ4n) is 1.13.